The zero-order valence-corrected chi connectivity index (χ0v) is 17.6. The van der Waals surface area contributed by atoms with Crippen LogP contribution in [0.3, 0.4) is 0 Å². The molecule has 1 aliphatic carbocycles. The summed E-state index contributed by atoms with van der Waals surface area (Å²) in [5.74, 6) is 0.171. The van der Waals surface area contributed by atoms with Gasteiger partial charge in [0.05, 0.1) is 23.3 Å². The molecule has 1 N–H and O–H groups in total. The Kier molecular flexibility index (Phi) is 6.13. The summed E-state index contributed by atoms with van der Waals surface area (Å²) < 4.78 is 11.8. The first-order valence-electron chi connectivity index (χ1n) is 10.6. The van der Waals surface area contributed by atoms with Gasteiger partial charge in [0, 0.05) is 13.2 Å². The number of amides is 2. The second-order valence-corrected chi connectivity index (χ2v) is 8.90. The SMILES string of the molecule is CC1CCC2(CC1)OC[C@H](C(=O)NC[C@H]1CCCO1)N2C(=O)c1ccccc1Cl. The smallest absolute Gasteiger partial charge is 0.258 e. The van der Waals surface area contributed by atoms with E-state index >= 15 is 0 Å². The zero-order chi connectivity index (χ0) is 20.4. The molecule has 2 saturated heterocycles. The molecule has 29 heavy (non-hydrogen) atoms. The summed E-state index contributed by atoms with van der Waals surface area (Å²) in [6, 6.07) is 6.34. The van der Waals surface area contributed by atoms with E-state index in [1.807, 2.05) is 0 Å². The van der Waals surface area contributed by atoms with E-state index in [4.69, 9.17) is 21.1 Å². The van der Waals surface area contributed by atoms with Gasteiger partial charge in [0.15, 0.2) is 0 Å². The molecular formula is C22H29ClN2O4. The summed E-state index contributed by atoms with van der Waals surface area (Å²) in [7, 11) is 0. The molecule has 2 heterocycles. The molecule has 1 saturated carbocycles. The molecule has 2 amide bonds. The lowest BCUT2D eigenvalue weighted by Gasteiger charge is -2.43. The van der Waals surface area contributed by atoms with Gasteiger partial charge in [-0.05, 0) is 56.6 Å². The highest BCUT2D eigenvalue weighted by Gasteiger charge is 2.53. The quantitative estimate of drug-likeness (QED) is 0.810. The standard InChI is InChI=1S/C22H29ClN2O4/c1-15-8-10-22(11-9-15)25(21(27)17-6-2-3-7-18(17)23)19(14-29-22)20(26)24-13-16-5-4-12-28-16/h2-3,6-7,15-16,19H,4-5,8-14H2,1H3,(H,24,26)/t15?,16-,19-,22?/m1/s1. The van der Waals surface area contributed by atoms with Crippen molar-refractivity contribution < 1.29 is 19.1 Å². The van der Waals surface area contributed by atoms with E-state index in [0.29, 0.717) is 23.0 Å². The second-order valence-electron chi connectivity index (χ2n) is 8.49. The Labute approximate surface area is 176 Å². The number of nitrogens with zero attached hydrogens (tertiary/aromatic N) is 1. The first kappa shape index (κ1) is 20.6. The van der Waals surface area contributed by atoms with Gasteiger partial charge in [-0.3, -0.25) is 14.5 Å². The van der Waals surface area contributed by atoms with Crippen LogP contribution in [0.1, 0.15) is 55.8 Å². The van der Waals surface area contributed by atoms with Gasteiger partial charge < -0.3 is 14.8 Å². The maximum Gasteiger partial charge on any atom is 0.258 e. The van der Waals surface area contributed by atoms with Crippen LogP contribution in [0.2, 0.25) is 5.02 Å². The first-order chi connectivity index (χ1) is 14.0. The van der Waals surface area contributed by atoms with E-state index in [-0.39, 0.29) is 24.5 Å². The summed E-state index contributed by atoms with van der Waals surface area (Å²) in [5, 5.41) is 3.37. The molecule has 0 aromatic heterocycles. The predicted octanol–water partition coefficient (Wildman–Crippen LogP) is 3.38. The fraction of sp³-hybridized carbons (Fsp3) is 0.636. The predicted molar refractivity (Wildman–Crippen MR) is 110 cm³/mol. The Hall–Kier alpha value is -1.63. The van der Waals surface area contributed by atoms with Gasteiger partial charge >= 0.3 is 0 Å². The molecule has 1 spiro atoms. The third-order valence-corrected chi connectivity index (χ3v) is 6.80. The fourth-order valence-corrected chi connectivity index (χ4v) is 4.90. The number of halogens is 1. The van der Waals surface area contributed by atoms with Crippen LogP contribution in [0.25, 0.3) is 0 Å². The molecule has 4 rings (SSSR count). The van der Waals surface area contributed by atoms with Crippen molar-refractivity contribution in [2.75, 3.05) is 19.8 Å². The van der Waals surface area contributed by atoms with Crippen LogP contribution in [0.15, 0.2) is 24.3 Å². The molecule has 3 fully saturated rings. The van der Waals surface area contributed by atoms with Gasteiger partial charge in [0.2, 0.25) is 5.91 Å². The lowest BCUT2D eigenvalue weighted by Crippen LogP contribution is -2.57. The van der Waals surface area contributed by atoms with Crippen LogP contribution >= 0.6 is 11.6 Å². The van der Waals surface area contributed by atoms with Crippen LogP contribution in [0.5, 0.6) is 0 Å². The minimum atomic E-state index is -0.728. The molecule has 0 unspecified atom stereocenters. The number of rotatable bonds is 4. The Morgan fingerprint density at radius 1 is 1.24 bits per heavy atom. The fourth-order valence-electron chi connectivity index (χ4n) is 4.68. The summed E-state index contributed by atoms with van der Waals surface area (Å²) >= 11 is 6.32. The second kappa shape index (κ2) is 8.62. The normalized spacial score (nSPS) is 31.9. The minimum Gasteiger partial charge on any atom is -0.376 e. The van der Waals surface area contributed by atoms with Gasteiger partial charge in [0.25, 0.3) is 5.91 Å². The third-order valence-electron chi connectivity index (χ3n) is 6.47. The highest BCUT2D eigenvalue weighted by atomic mass is 35.5. The van der Waals surface area contributed by atoms with Gasteiger partial charge in [0.1, 0.15) is 11.8 Å². The average Bonchev–Trinajstić information content (AvgIpc) is 3.37. The number of hydrogen-bond donors (Lipinski definition) is 1. The van der Waals surface area contributed by atoms with E-state index in [1.165, 1.54) is 0 Å². The van der Waals surface area contributed by atoms with Gasteiger partial charge in [-0.1, -0.05) is 30.7 Å². The monoisotopic (exact) mass is 420 g/mol. The molecule has 2 aliphatic heterocycles. The van der Waals surface area contributed by atoms with Crippen molar-refractivity contribution in [2.45, 2.75) is 63.3 Å². The Bertz CT molecular complexity index is 757. The van der Waals surface area contributed by atoms with E-state index < -0.39 is 11.8 Å². The van der Waals surface area contributed by atoms with Crippen molar-refractivity contribution in [3.63, 3.8) is 0 Å². The third kappa shape index (κ3) is 4.16. The van der Waals surface area contributed by atoms with Crippen molar-refractivity contribution in [1.29, 1.82) is 0 Å². The molecule has 158 valence electrons. The maximum atomic E-state index is 13.6. The van der Waals surface area contributed by atoms with Crippen molar-refractivity contribution in [3.8, 4) is 0 Å². The van der Waals surface area contributed by atoms with Gasteiger partial charge in [-0.25, -0.2) is 0 Å². The van der Waals surface area contributed by atoms with Crippen molar-refractivity contribution in [1.82, 2.24) is 10.2 Å². The average molecular weight is 421 g/mol. The summed E-state index contributed by atoms with van der Waals surface area (Å²) in [6.45, 7) is 3.63. The lowest BCUT2D eigenvalue weighted by molar-refractivity contribution is -0.128. The summed E-state index contributed by atoms with van der Waals surface area (Å²) in [6.07, 6.45) is 5.43. The number of carbonyl (C=O) groups is 2. The highest BCUT2D eigenvalue weighted by Crippen LogP contribution is 2.43. The Balaban J connectivity index is 1.57. The van der Waals surface area contributed by atoms with Crippen molar-refractivity contribution in [3.05, 3.63) is 34.9 Å². The number of hydrogen-bond acceptors (Lipinski definition) is 4. The largest absolute Gasteiger partial charge is 0.376 e. The molecule has 7 heteroatoms. The Morgan fingerprint density at radius 3 is 2.69 bits per heavy atom. The topological polar surface area (TPSA) is 67.9 Å². The van der Waals surface area contributed by atoms with E-state index in [9.17, 15) is 9.59 Å². The van der Waals surface area contributed by atoms with Gasteiger partial charge in [-0.15, -0.1) is 0 Å². The molecule has 0 bridgehead atoms. The maximum absolute atomic E-state index is 13.6. The number of benzene rings is 1. The minimum absolute atomic E-state index is 0.0541. The molecule has 0 radical (unpaired) electrons. The van der Waals surface area contributed by atoms with Crippen molar-refractivity contribution in [2.24, 2.45) is 5.92 Å². The molecule has 2 atom stereocenters. The number of carbonyl (C=O) groups excluding carboxylic acids is 2. The molecule has 1 aromatic carbocycles. The van der Waals surface area contributed by atoms with E-state index in [1.54, 1.807) is 29.2 Å². The van der Waals surface area contributed by atoms with Crippen LogP contribution in [0, 0.1) is 5.92 Å². The summed E-state index contributed by atoms with van der Waals surface area (Å²) in [5.41, 5.74) is -0.316. The zero-order valence-electron chi connectivity index (χ0n) is 16.9. The first-order valence-corrected chi connectivity index (χ1v) is 11.0. The van der Waals surface area contributed by atoms with Crippen LogP contribution < -0.4 is 5.32 Å². The Morgan fingerprint density at radius 2 is 2.00 bits per heavy atom. The number of nitrogens with one attached hydrogen (secondary N) is 1. The van der Waals surface area contributed by atoms with Crippen LogP contribution in [-0.2, 0) is 14.3 Å². The molecule has 6 nitrogen and oxygen atoms in total. The molecule has 3 aliphatic rings. The lowest BCUT2D eigenvalue weighted by atomic mass is 9.83. The van der Waals surface area contributed by atoms with E-state index in [0.717, 1.165) is 45.1 Å². The number of ether oxygens (including phenoxy) is 2. The van der Waals surface area contributed by atoms with Gasteiger partial charge in [-0.2, -0.15) is 0 Å². The summed E-state index contributed by atoms with van der Waals surface area (Å²) in [4.78, 5) is 28.3. The highest BCUT2D eigenvalue weighted by molar-refractivity contribution is 6.33. The van der Waals surface area contributed by atoms with Crippen LogP contribution in [-0.4, -0.2) is 54.3 Å². The molecule has 1 aromatic rings. The van der Waals surface area contributed by atoms with E-state index in [2.05, 4.69) is 12.2 Å². The van der Waals surface area contributed by atoms with Crippen LogP contribution in [0.4, 0.5) is 0 Å². The van der Waals surface area contributed by atoms with Crippen molar-refractivity contribution >= 4 is 23.4 Å². The molecular weight excluding hydrogens is 392 g/mol.